The minimum atomic E-state index is -4.31. The van der Waals surface area contributed by atoms with E-state index < -0.39 is 12.8 Å². The number of anilines is 1. The highest BCUT2D eigenvalue weighted by Crippen LogP contribution is 2.20. The third-order valence-electron chi connectivity index (χ3n) is 1.93. The van der Waals surface area contributed by atoms with Crippen molar-refractivity contribution < 1.29 is 17.9 Å². The van der Waals surface area contributed by atoms with E-state index in [-0.39, 0.29) is 13.2 Å². The molecule has 1 aromatic carbocycles. The van der Waals surface area contributed by atoms with E-state index in [1.54, 1.807) is 6.07 Å². The summed E-state index contributed by atoms with van der Waals surface area (Å²) in [5, 5.41) is 11.8. The molecule has 0 radical (unpaired) electrons. The minimum Gasteiger partial charge on any atom is -0.383 e. The average molecular weight is 279 g/mol. The molecular formula is C11H10ClF3N2O. The normalized spacial score (nSPS) is 11.1. The van der Waals surface area contributed by atoms with Crippen molar-refractivity contribution in [3.8, 4) is 6.07 Å². The smallest absolute Gasteiger partial charge is 0.383 e. The summed E-state index contributed by atoms with van der Waals surface area (Å²) in [6.45, 7) is -1.11. The quantitative estimate of drug-likeness (QED) is 0.841. The monoisotopic (exact) mass is 278 g/mol. The summed E-state index contributed by atoms with van der Waals surface area (Å²) in [4.78, 5) is 0. The number of rotatable bonds is 5. The molecule has 1 rings (SSSR count). The minimum absolute atomic E-state index is 0.0723. The lowest BCUT2D eigenvalue weighted by atomic mass is 10.2. The highest BCUT2D eigenvalue weighted by Gasteiger charge is 2.27. The van der Waals surface area contributed by atoms with Gasteiger partial charge in [0.05, 0.1) is 17.2 Å². The van der Waals surface area contributed by atoms with Crippen LogP contribution >= 0.6 is 11.6 Å². The molecule has 0 saturated heterocycles. The van der Waals surface area contributed by atoms with Gasteiger partial charge in [-0.25, -0.2) is 0 Å². The molecule has 1 N–H and O–H groups in total. The van der Waals surface area contributed by atoms with Gasteiger partial charge in [0, 0.05) is 12.2 Å². The van der Waals surface area contributed by atoms with Crippen molar-refractivity contribution in [3.63, 3.8) is 0 Å². The van der Waals surface area contributed by atoms with Crippen molar-refractivity contribution in [1.82, 2.24) is 0 Å². The topological polar surface area (TPSA) is 45.0 Å². The Labute approximate surface area is 107 Å². The standard InChI is InChI=1S/C11H10ClF3N2O/c12-10-5-9(2-1-8(10)6-16)17-3-4-18-7-11(13,14)15/h1-2,5,17H,3-4,7H2. The zero-order chi connectivity index (χ0) is 13.6. The molecule has 0 unspecified atom stereocenters. The van der Waals surface area contributed by atoms with Gasteiger partial charge in [0.25, 0.3) is 0 Å². The van der Waals surface area contributed by atoms with Gasteiger partial charge in [-0.1, -0.05) is 11.6 Å². The lowest BCUT2D eigenvalue weighted by Crippen LogP contribution is -2.20. The van der Waals surface area contributed by atoms with Gasteiger partial charge in [-0.15, -0.1) is 0 Å². The van der Waals surface area contributed by atoms with E-state index in [1.165, 1.54) is 12.1 Å². The summed E-state index contributed by atoms with van der Waals surface area (Å²) in [6, 6.07) is 6.59. The average Bonchev–Trinajstić information content (AvgIpc) is 2.27. The summed E-state index contributed by atoms with van der Waals surface area (Å²) in [6.07, 6.45) is -4.31. The molecule has 0 spiro atoms. The summed E-state index contributed by atoms with van der Waals surface area (Å²) >= 11 is 5.79. The molecule has 0 bridgehead atoms. The lowest BCUT2D eigenvalue weighted by Gasteiger charge is -2.09. The first-order valence-corrected chi connectivity index (χ1v) is 5.38. The van der Waals surface area contributed by atoms with Gasteiger partial charge >= 0.3 is 6.18 Å². The first kappa shape index (κ1) is 14.6. The van der Waals surface area contributed by atoms with Crippen molar-refractivity contribution >= 4 is 17.3 Å². The van der Waals surface area contributed by atoms with Crippen LogP contribution in [-0.2, 0) is 4.74 Å². The Morgan fingerprint density at radius 2 is 2.11 bits per heavy atom. The molecule has 0 fully saturated rings. The maximum atomic E-state index is 11.7. The van der Waals surface area contributed by atoms with Crippen LogP contribution < -0.4 is 5.32 Å². The van der Waals surface area contributed by atoms with Crippen LogP contribution in [0.2, 0.25) is 5.02 Å². The SMILES string of the molecule is N#Cc1ccc(NCCOCC(F)(F)F)cc1Cl. The van der Waals surface area contributed by atoms with Crippen LogP contribution in [0, 0.1) is 11.3 Å². The van der Waals surface area contributed by atoms with Crippen LogP contribution in [0.3, 0.4) is 0 Å². The highest BCUT2D eigenvalue weighted by atomic mass is 35.5. The molecule has 0 aliphatic heterocycles. The number of alkyl halides is 3. The molecule has 0 heterocycles. The second kappa shape index (κ2) is 6.47. The fraction of sp³-hybridized carbons (Fsp3) is 0.364. The Balaban J connectivity index is 2.32. The zero-order valence-corrected chi connectivity index (χ0v) is 9.98. The van der Waals surface area contributed by atoms with Crippen LogP contribution in [0.1, 0.15) is 5.56 Å². The number of nitriles is 1. The highest BCUT2D eigenvalue weighted by molar-refractivity contribution is 6.32. The van der Waals surface area contributed by atoms with Gasteiger partial charge in [0.1, 0.15) is 12.7 Å². The molecule has 0 atom stereocenters. The van der Waals surface area contributed by atoms with Gasteiger partial charge in [0.2, 0.25) is 0 Å². The van der Waals surface area contributed by atoms with Crippen molar-refractivity contribution in [2.24, 2.45) is 0 Å². The Hall–Kier alpha value is -1.45. The number of ether oxygens (including phenoxy) is 1. The summed E-state index contributed by atoms with van der Waals surface area (Å²) in [7, 11) is 0. The molecule has 0 aromatic heterocycles. The molecule has 98 valence electrons. The van der Waals surface area contributed by atoms with Crippen molar-refractivity contribution in [2.75, 3.05) is 25.1 Å². The van der Waals surface area contributed by atoms with E-state index in [0.29, 0.717) is 16.3 Å². The first-order chi connectivity index (χ1) is 8.42. The van der Waals surface area contributed by atoms with Gasteiger partial charge < -0.3 is 10.1 Å². The predicted octanol–water partition coefficient (Wildman–Crippen LogP) is 3.20. The molecule has 0 aliphatic rings. The van der Waals surface area contributed by atoms with E-state index in [9.17, 15) is 13.2 Å². The summed E-state index contributed by atoms with van der Waals surface area (Å²) in [5.74, 6) is 0. The van der Waals surface area contributed by atoms with Gasteiger partial charge in [0.15, 0.2) is 0 Å². The summed E-state index contributed by atoms with van der Waals surface area (Å²) < 4.78 is 39.7. The Morgan fingerprint density at radius 1 is 1.39 bits per heavy atom. The molecule has 3 nitrogen and oxygen atoms in total. The second-order valence-electron chi connectivity index (χ2n) is 3.40. The van der Waals surface area contributed by atoms with Crippen molar-refractivity contribution in [1.29, 1.82) is 5.26 Å². The maximum Gasteiger partial charge on any atom is 0.411 e. The summed E-state index contributed by atoms with van der Waals surface area (Å²) in [5.41, 5.74) is 0.963. The van der Waals surface area contributed by atoms with Gasteiger partial charge in [-0.05, 0) is 18.2 Å². The number of hydrogen-bond acceptors (Lipinski definition) is 3. The van der Waals surface area contributed by atoms with Crippen LogP contribution in [0.15, 0.2) is 18.2 Å². The van der Waals surface area contributed by atoms with E-state index in [2.05, 4.69) is 10.1 Å². The largest absolute Gasteiger partial charge is 0.411 e. The number of nitrogens with one attached hydrogen (secondary N) is 1. The predicted molar refractivity (Wildman–Crippen MR) is 61.5 cm³/mol. The van der Waals surface area contributed by atoms with E-state index in [0.717, 1.165) is 0 Å². The van der Waals surface area contributed by atoms with E-state index >= 15 is 0 Å². The zero-order valence-electron chi connectivity index (χ0n) is 9.22. The first-order valence-electron chi connectivity index (χ1n) is 5.00. The van der Waals surface area contributed by atoms with E-state index in [4.69, 9.17) is 16.9 Å². The lowest BCUT2D eigenvalue weighted by molar-refractivity contribution is -0.172. The number of hydrogen-bond donors (Lipinski definition) is 1. The Kier molecular flexibility index (Phi) is 5.25. The van der Waals surface area contributed by atoms with Crippen LogP contribution in [0.5, 0.6) is 0 Å². The fourth-order valence-corrected chi connectivity index (χ4v) is 1.39. The van der Waals surface area contributed by atoms with Crippen LogP contribution in [0.25, 0.3) is 0 Å². The molecule has 0 amide bonds. The van der Waals surface area contributed by atoms with Crippen molar-refractivity contribution in [2.45, 2.75) is 6.18 Å². The molecule has 0 saturated carbocycles. The van der Waals surface area contributed by atoms with Crippen LogP contribution in [-0.4, -0.2) is 25.9 Å². The number of benzene rings is 1. The third kappa shape index (κ3) is 5.25. The molecule has 7 heteroatoms. The molecule has 18 heavy (non-hydrogen) atoms. The molecule has 1 aromatic rings. The van der Waals surface area contributed by atoms with Gasteiger partial charge in [-0.2, -0.15) is 18.4 Å². The third-order valence-corrected chi connectivity index (χ3v) is 2.24. The Morgan fingerprint density at radius 3 is 2.67 bits per heavy atom. The molecular weight excluding hydrogens is 269 g/mol. The van der Waals surface area contributed by atoms with Crippen LogP contribution in [0.4, 0.5) is 18.9 Å². The fourth-order valence-electron chi connectivity index (χ4n) is 1.17. The maximum absolute atomic E-state index is 11.7. The van der Waals surface area contributed by atoms with E-state index in [1.807, 2.05) is 6.07 Å². The van der Waals surface area contributed by atoms with Gasteiger partial charge in [-0.3, -0.25) is 0 Å². The molecule has 0 aliphatic carbocycles. The number of nitrogens with zero attached hydrogens (tertiary/aromatic N) is 1. The second-order valence-corrected chi connectivity index (χ2v) is 3.81. The van der Waals surface area contributed by atoms with Crippen molar-refractivity contribution in [3.05, 3.63) is 28.8 Å². The number of halogens is 4. The Bertz CT molecular complexity index is 443.